The summed E-state index contributed by atoms with van der Waals surface area (Å²) >= 11 is 0. The van der Waals surface area contributed by atoms with Crippen molar-refractivity contribution in [3.05, 3.63) is 41.7 Å². The van der Waals surface area contributed by atoms with Gasteiger partial charge in [-0.05, 0) is 30.5 Å². The van der Waals surface area contributed by atoms with Gasteiger partial charge in [0.25, 0.3) is 0 Å². The minimum absolute atomic E-state index is 0.0550. The lowest BCUT2D eigenvalue weighted by atomic mass is 9.85. The largest absolute Gasteiger partial charge is 0.494 e. The van der Waals surface area contributed by atoms with Crippen molar-refractivity contribution in [2.24, 2.45) is 11.8 Å². The van der Waals surface area contributed by atoms with Crippen LogP contribution in [0.25, 0.3) is 0 Å². The molecule has 144 valence electrons. The molecule has 1 aliphatic heterocycles. The van der Waals surface area contributed by atoms with E-state index in [9.17, 15) is 18.8 Å². The molecule has 27 heavy (non-hydrogen) atoms. The Labute approximate surface area is 157 Å². The third-order valence-corrected chi connectivity index (χ3v) is 5.21. The van der Waals surface area contributed by atoms with E-state index in [1.165, 1.54) is 29.0 Å². The van der Waals surface area contributed by atoms with Crippen LogP contribution < -0.4 is 4.74 Å². The fourth-order valence-corrected chi connectivity index (χ4v) is 3.66. The molecule has 0 N–H and O–H groups in total. The van der Waals surface area contributed by atoms with Crippen LogP contribution in [0, 0.1) is 17.7 Å². The minimum Gasteiger partial charge on any atom is -0.494 e. The Hall–Kier alpha value is -2.70. The summed E-state index contributed by atoms with van der Waals surface area (Å²) in [7, 11) is 3.00. The highest BCUT2D eigenvalue weighted by atomic mass is 19.1. The summed E-state index contributed by atoms with van der Waals surface area (Å²) in [6.45, 7) is 0.321. The van der Waals surface area contributed by atoms with E-state index in [0.717, 1.165) is 0 Å². The maximum atomic E-state index is 13.8. The Morgan fingerprint density at radius 1 is 1.22 bits per heavy atom. The molecular formula is C20H23FN2O4. The molecule has 1 aromatic carbocycles. The van der Waals surface area contributed by atoms with Gasteiger partial charge in [0, 0.05) is 26.6 Å². The standard InChI is InChI=1S/C20H23FN2O4/c1-22(12-13-7-8-17(27-2)16(21)11-13)18(24)9-10-23-19(25)14-5-3-4-6-15(14)20(23)26/h3-4,7-8,11,14-15H,5-6,9-10,12H2,1-2H3/t14-,15-/m1/s1. The lowest BCUT2D eigenvalue weighted by Gasteiger charge is -2.20. The second-order valence-electron chi connectivity index (χ2n) is 6.95. The van der Waals surface area contributed by atoms with Gasteiger partial charge in [-0.15, -0.1) is 0 Å². The zero-order chi connectivity index (χ0) is 19.6. The highest BCUT2D eigenvalue weighted by molar-refractivity contribution is 6.05. The average molecular weight is 374 g/mol. The van der Waals surface area contributed by atoms with E-state index >= 15 is 0 Å². The predicted molar refractivity (Wildman–Crippen MR) is 96.1 cm³/mol. The predicted octanol–water partition coefficient (Wildman–Crippen LogP) is 2.13. The number of rotatable bonds is 6. The molecule has 1 heterocycles. The van der Waals surface area contributed by atoms with E-state index in [-0.39, 0.29) is 54.8 Å². The topological polar surface area (TPSA) is 66.9 Å². The first-order valence-corrected chi connectivity index (χ1v) is 8.99. The maximum Gasteiger partial charge on any atom is 0.233 e. The normalized spacial score (nSPS) is 21.4. The molecule has 0 spiro atoms. The van der Waals surface area contributed by atoms with Gasteiger partial charge in [0.1, 0.15) is 0 Å². The van der Waals surface area contributed by atoms with E-state index in [1.807, 2.05) is 12.2 Å². The number of nitrogens with zero attached hydrogens (tertiary/aromatic N) is 2. The first-order chi connectivity index (χ1) is 12.9. The Morgan fingerprint density at radius 2 is 1.85 bits per heavy atom. The number of carbonyl (C=O) groups excluding carboxylic acids is 3. The molecular weight excluding hydrogens is 351 g/mol. The zero-order valence-corrected chi connectivity index (χ0v) is 15.5. The van der Waals surface area contributed by atoms with Crippen molar-refractivity contribution in [3.63, 3.8) is 0 Å². The van der Waals surface area contributed by atoms with Gasteiger partial charge in [-0.3, -0.25) is 19.3 Å². The van der Waals surface area contributed by atoms with Crippen LogP contribution in [0.4, 0.5) is 4.39 Å². The minimum atomic E-state index is -0.486. The molecule has 0 aromatic heterocycles. The molecule has 0 bridgehead atoms. The van der Waals surface area contributed by atoms with Gasteiger partial charge < -0.3 is 9.64 Å². The van der Waals surface area contributed by atoms with Crippen molar-refractivity contribution in [1.29, 1.82) is 0 Å². The Kier molecular flexibility index (Phi) is 5.58. The highest BCUT2D eigenvalue weighted by Gasteiger charge is 2.46. The molecule has 2 aliphatic rings. The number of fused-ring (bicyclic) bond motifs is 1. The Bertz CT molecular complexity index is 766. The van der Waals surface area contributed by atoms with Gasteiger partial charge in [-0.1, -0.05) is 18.2 Å². The number of allylic oxidation sites excluding steroid dienone is 2. The lowest BCUT2D eigenvalue weighted by Crippen LogP contribution is -2.36. The van der Waals surface area contributed by atoms with E-state index in [4.69, 9.17) is 4.74 Å². The number of benzene rings is 1. The first-order valence-electron chi connectivity index (χ1n) is 8.99. The first kappa shape index (κ1) is 19.1. The van der Waals surface area contributed by atoms with Crippen LogP contribution in [0.1, 0.15) is 24.8 Å². The summed E-state index contributed by atoms with van der Waals surface area (Å²) in [5, 5.41) is 0. The summed E-state index contributed by atoms with van der Waals surface area (Å²) in [4.78, 5) is 39.9. The van der Waals surface area contributed by atoms with Gasteiger partial charge in [0.05, 0.1) is 18.9 Å². The number of amides is 3. The number of halogens is 1. The third kappa shape index (κ3) is 3.86. The van der Waals surface area contributed by atoms with Crippen LogP contribution in [0.15, 0.2) is 30.4 Å². The van der Waals surface area contributed by atoms with Crippen molar-refractivity contribution in [2.45, 2.75) is 25.8 Å². The number of methoxy groups -OCH3 is 1. The van der Waals surface area contributed by atoms with Crippen molar-refractivity contribution < 1.29 is 23.5 Å². The number of ether oxygens (including phenoxy) is 1. The summed E-state index contributed by atoms with van der Waals surface area (Å²) < 4.78 is 18.6. The number of likely N-dealkylation sites (tertiary alicyclic amines) is 1. The van der Waals surface area contributed by atoms with Gasteiger partial charge in [-0.25, -0.2) is 4.39 Å². The second-order valence-corrected chi connectivity index (χ2v) is 6.95. The number of imide groups is 1. The number of hydrogen-bond donors (Lipinski definition) is 0. The van der Waals surface area contributed by atoms with Crippen molar-refractivity contribution in [1.82, 2.24) is 9.80 Å². The van der Waals surface area contributed by atoms with E-state index in [2.05, 4.69) is 0 Å². The molecule has 3 rings (SSSR count). The number of hydrogen-bond acceptors (Lipinski definition) is 4. The highest BCUT2D eigenvalue weighted by Crippen LogP contribution is 2.35. The van der Waals surface area contributed by atoms with Crippen molar-refractivity contribution >= 4 is 17.7 Å². The second kappa shape index (κ2) is 7.90. The molecule has 6 nitrogen and oxygen atoms in total. The average Bonchev–Trinajstić information content (AvgIpc) is 2.91. The monoisotopic (exact) mass is 374 g/mol. The SMILES string of the molecule is COc1ccc(CN(C)C(=O)CCN2C(=O)[C@@H]3CC=CC[C@H]3C2=O)cc1F. The smallest absolute Gasteiger partial charge is 0.233 e. The molecule has 2 atom stereocenters. The Balaban J connectivity index is 1.55. The van der Waals surface area contributed by atoms with Gasteiger partial charge >= 0.3 is 0 Å². The van der Waals surface area contributed by atoms with Crippen LogP contribution in [0.2, 0.25) is 0 Å². The van der Waals surface area contributed by atoms with Gasteiger partial charge in [0.15, 0.2) is 11.6 Å². The fourth-order valence-electron chi connectivity index (χ4n) is 3.66. The van der Waals surface area contributed by atoms with Crippen LogP contribution >= 0.6 is 0 Å². The van der Waals surface area contributed by atoms with E-state index in [1.54, 1.807) is 13.1 Å². The molecule has 0 radical (unpaired) electrons. The van der Waals surface area contributed by atoms with Crippen LogP contribution in [-0.4, -0.2) is 48.2 Å². The summed E-state index contributed by atoms with van der Waals surface area (Å²) in [6, 6.07) is 4.53. The lowest BCUT2D eigenvalue weighted by molar-refractivity contribution is -0.140. The van der Waals surface area contributed by atoms with Crippen LogP contribution in [0.5, 0.6) is 5.75 Å². The summed E-state index contributed by atoms with van der Waals surface area (Å²) in [5.74, 6) is -1.46. The Morgan fingerprint density at radius 3 is 2.41 bits per heavy atom. The summed E-state index contributed by atoms with van der Waals surface area (Å²) in [6.07, 6.45) is 5.09. The molecule has 1 saturated heterocycles. The van der Waals surface area contributed by atoms with Crippen molar-refractivity contribution in [2.75, 3.05) is 20.7 Å². The van der Waals surface area contributed by atoms with Crippen molar-refractivity contribution in [3.8, 4) is 5.75 Å². The molecule has 0 unspecified atom stereocenters. The van der Waals surface area contributed by atoms with Gasteiger partial charge in [-0.2, -0.15) is 0 Å². The molecule has 1 fully saturated rings. The fraction of sp³-hybridized carbons (Fsp3) is 0.450. The molecule has 0 saturated carbocycles. The molecule has 7 heteroatoms. The molecule has 1 aliphatic carbocycles. The third-order valence-electron chi connectivity index (χ3n) is 5.21. The van der Waals surface area contributed by atoms with Gasteiger partial charge in [0.2, 0.25) is 17.7 Å². The van der Waals surface area contributed by atoms with E-state index < -0.39 is 5.82 Å². The zero-order valence-electron chi connectivity index (χ0n) is 15.5. The maximum absolute atomic E-state index is 13.8. The summed E-state index contributed by atoms with van der Waals surface area (Å²) in [5.41, 5.74) is 0.634. The molecule has 3 amide bonds. The van der Waals surface area contributed by atoms with Crippen LogP contribution in [0.3, 0.4) is 0 Å². The quantitative estimate of drug-likeness (QED) is 0.565. The van der Waals surface area contributed by atoms with E-state index in [0.29, 0.717) is 18.4 Å². The number of carbonyl (C=O) groups is 3. The molecule has 1 aromatic rings. The van der Waals surface area contributed by atoms with Crippen LogP contribution in [-0.2, 0) is 20.9 Å².